The predicted molar refractivity (Wildman–Crippen MR) is 120 cm³/mol. The van der Waals surface area contributed by atoms with Crippen LogP contribution in [0.3, 0.4) is 0 Å². The maximum absolute atomic E-state index is 12.9. The molecule has 3 rings (SSSR count). The third-order valence-electron chi connectivity index (χ3n) is 5.07. The van der Waals surface area contributed by atoms with Gasteiger partial charge in [0.15, 0.2) is 0 Å². The van der Waals surface area contributed by atoms with Crippen LogP contribution in [0.5, 0.6) is 0 Å². The van der Waals surface area contributed by atoms with Crippen molar-refractivity contribution >= 4 is 33.6 Å². The molecule has 2 aromatic rings. The van der Waals surface area contributed by atoms with Crippen molar-refractivity contribution < 1.29 is 13.2 Å². The lowest BCUT2D eigenvalue weighted by Gasteiger charge is -2.34. The minimum atomic E-state index is -3.72. The van der Waals surface area contributed by atoms with Gasteiger partial charge in [-0.2, -0.15) is 0 Å². The molecule has 160 valence electrons. The maximum Gasteiger partial charge on any atom is 0.253 e. The topological polar surface area (TPSA) is 60.9 Å². The fourth-order valence-electron chi connectivity index (χ4n) is 3.25. The summed E-state index contributed by atoms with van der Waals surface area (Å²) in [6.07, 6.45) is 4.22. The average Bonchev–Trinajstić information content (AvgIpc) is 2.74. The monoisotopic (exact) mass is 447 g/mol. The van der Waals surface area contributed by atoms with Gasteiger partial charge in [0.2, 0.25) is 10.0 Å². The molecule has 1 amide bonds. The molecule has 8 heteroatoms. The van der Waals surface area contributed by atoms with E-state index < -0.39 is 10.0 Å². The van der Waals surface area contributed by atoms with E-state index in [2.05, 4.69) is 29.2 Å². The van der Waals surface area contributed by atoms with Crippen LogP contribution in [0.2, 0.25) is 5.02 Å². The van der Waals surface area contributed by atoms with Crippen LogP contribution in [0.4, 0.5) is 0 Å². The van der Waals surface area contributed by atoms with E-state index in [0.29, 0.717) is 18.7 Å². The smallest absolute Gasteiger partial charge is 0.253 e. The molecule has 0 bridgehead atoms. The second-order valence-electron chi connectivity index (χ2n) is 7.34. The lowest BCUT2D eigenvalue weighted by atomic mass is 10.1. The number of benzene rings is 2. The summed E-state index contributed by atoms with van der Waals surface area (Å²) in [5.41, 5.74) is 1.50. The van der Waals surface area contributed by atoms with Crippen molar-refractivity contribution in [3.05, 3.63) is 70.8 Å². The largest absolute Gasteiger partial charge is 0.336 e. The summed E-state index contributed by atoms with van der Waals surface area (Å²) < 4.78 is 26.0. The Morgan fingerprint density at radius 2 is 1.73 bits per heavy atom. The molecule has 1 fully saturated rings. The lowest BCUT2D eigenvalue weighted by Crippen LogP contribution is -2.48. The highest BCUT2D eigenvalue weighted by Crippen LogP contribution is 2.25. The predicted octanol–water partition coefficient (Wildman–Crippen LogP) is 3.06. The number of amides is 1. The van der Waals surface area contributed by atoms with E-state index in [0.717, 1.165) is 29.5 Å². The molecule has 1 aliphatic rings. The minimum Gasteiger partial charge on any atom is -0.336 e. The van der Waals surface area contributed by atoms with Gasteiger partial charge in [-0.3, -0.25) is 9.69 Å². The highest BCUT2D eigenvalue weighted by molar-refractivity contribution is 7.89. The van der Waals surface area contributed by atoms with Gasteiger partial charge in [-0.1, -0.05) is 54.1 Å². The quantitative estimate of drug-likeness (QED) is 0.682. The summed E-state index contributed by atoms with van der Waals surface area (Å²) >= 11 is 6.08. The SMILES string of the molecule is CN(C)S(=O)(=O)c1cc(C(=O)N2CCN(C/C=C/c3ccccc3)CC2)ccc1Cl. The molecule has 0 saturated carbocycles. The van der Waals surface area contributed by atoms with Crippen LogP contribution < -0.4 is 0 Å². The Hall–Kier alpha value is -2.19. The summed E-state index contributed by atoms with van der Waals surface area (Å²) in [5, 5.41) is 0.107. The Bertz CT molecular complexity index is 1020. The fraction of sp³-hybridized carbons (Fsp3) is 0.318. The van der Waals surface area contributed by atoms with Crippen LogP contribution in [-0.4, -0.2) is 75.2 Å². The van der Waals surface area contributed by atoms with Crippen LogP contribution in [0, 0.1) is 0 Å². The Balaban J connectivity index is 1.61. The molecule has 0 aromatic heterocycles. The van der Waals surface area contributed by atoms with Crippen LogP contribution in [0.1, 0.15) is 15.9 Å². The maximum atomic E-state index is 12.9. The van der Waals surface area contributed by atoms with Gasteiger partial charge in [0.05, 0.1) is 5.02 Å². The number of carbonyl (C=O) groups excluding carboxylic acids is 1. The van der Waals surface area contributed by atoms with Gasteiger partial charge in [-0.05, 0) is 23.8 Å². The molecule has 1 aliphatic heterocycles. The van der Waals surface area contributed by atoms with Gasteiger partial charge in [0.25, 0.3) is 5.91 Å². The zero-order valence-electron chi connectivity index (χ0n) is 17.2. The number of sulfonamides is 1. The molecule has 6 nitrogen and oxygen atoms in total. The lowest BCUT2D eigenvalue weighted by molar-refractivity contribution is 0.0650. The van der Waals surface area contributed by atoms with Gasteiger partial charge >= 0.3 is 0 Å². The average molecular weight is 448 g/mol. The van der Waals surface area contributed by atoms with E-state index in [4.69, 9.17) is 11.6 Å². The fourth-order valence-corrected chi connectivity index (χ4v) is 4.64. The number of piperazine rings is 1. The highest BCUT2D eigenvalue weighted by atomic mass is 35.5. The summed E-state index contributed by atoms with van der Waals surface area (Å²) in [4.78, 5) is 16.9. The van der Waals surface area contributed by atoms with E-state index in [1.165, 1.54) is 26.2 Å². The molecule has 0 radical (unpaired) electrons. The van der Waals surface area contributed by atoms with Crippen LogP contribution in [-0.2, 0) is 10.0 Å². The molecule has 1 heterocycles. The first-order chi connectivity index (χ1) is 14.3. The summed E-state index contributed by atoms with van der Waals surface area (Å²) in [5.74, 6) is -0.179. The highest BCUT2D eigenvalue weighted by Gasteiger charge is 2.25. The van der Waals surface area contributed by atoms with Crippen molar-refractivity contribution in [1.29, 1.82) is 0 Å². The van der Waals surface area contributed by atoms with Crippen molar-refractivity contribution in [2.24, 2.45) is 0 Å². The first-order valence-electron chi connectivity index (χ1n) is 9.74. The third kappa shape index (κ3) is 5.29. The van der Waals surface area contributed by atoms with E-state index in [1.807, 2.05) is 18.2 Å². The van der Waals surface area contributed by atoms with Gasteiger partial charge in [0.1, 0.15) is 4.90 Å². The Morgan fingerprint density at radius 1 is 1.07 bits per heavy atom. The number of rotatable bonds is 6. The third-order valence-corrected chi connectivity index (χ3v) is 7.37. The summed E-state index contributed by atoms with van der Waals surface area (Å²) in [6.45, 7) is 3.54. The number of hydrogen-bond donors (Lipinski definition) is 0. The molecule has 30 heavy (non-hydrogen) atoms. The van der Waals surface area contributed by atoms with Crippen molar-refractivity contribution in [1.82, 2.24) is 14.1 Å². The van der Waals surface area contributed by atoms with Crippen LogP contribution >= 0.6 is 11.6 Å². The normalized spacial score (nSPS) is 15.8. The molecular formula is C22H26ClN3O3S. The molecule has 2 aromatic carbocycles. The first-order valence-corrected chi connectivity index (χ1v) is 11.6. The Kier molecular flexibility index (Phi) is 7.31. The molecule has 0 aliphatic carbocycles. The molecule has 0 unspecified atom stereocenters. The molecule has 0 spiro atoms. The van der Waals surface area contributed by atoms with Gasteiger partial charge in [0, 0.05) is 52.4 Å². The van der Waals surface area contributed by atoms with Gasteiger partial charge in [-0.25, -0.2) is 12.7 Å². The van der Waals surface area contributed by atoms with Crippen molar-refractivity contribution in [2.45, 2.75) is 4.90 Å². The zero-order chi connectivity index (χ0) is 21.7. The van der Waals surface area contributed by atoms with E-state index in [-0.39, 0.29) is 15.8 Å². The standard InChI is InChI=1S/C22H26ClN3O3S/c1-24(2)30(28,29)21-17-19(10-11-20(21)23)22(27)26-15-13-25(14-16-26)12-6-9-18-7-4-3-5-8-18/h3-11,17H,12-16H2,1-2H3/b9-6+. The summed E-state index contributed by atoms with van der Waals surface area (Å²) in [6, 6.07) is 14.5. The molecule has 0 atom stereocenters. The Morgan fingerprint density at radius 3 is 2.37 bits per heavy atom. The van der Waals surface area contributed by atoms with E-state index in [9.17, 15) is 13.2 Å². The van der Waals surface area contributed by atoms with E-state index >= 15 is 0 Å². The molecular weight excluding hydrogens is 422 g/mol. The second-order valence-corrected chi connectivity index (χ2v) is 9.87. The van der Waals surface area contributed by atoms with Crippen molar-refractivity contribution in [3.8, 4) is 0 Å². The number of hydrogen-bond acceptors (Lipinski definition) is 4. The number of nitrogens with zero attached hydrogens (tertiary/aromatic N) is 3. The van der Waals surface area contributed by atoms with Crippen LogP contribution in [0.25, 0.3) is 6.08 Å². The molecule has 1 saturated heterocycles. The van der Waals surface area contributed by atoms with E-state index in [1.54, 1.807) is 11.0 Å². The minimum absolute atomic E-state index is 0.0512. The zero-order valence-corrected chi connectivity index (χ0v) is 18.7. The van der Waals surface area contributed by atoms with Gasteiger partial charge < -0.3 is 4.90 Å². The number of halogens is 1. The van der Waals surface area contributed by atoms with Crippen LogP contribution in [0.15, 0.2) is 59.5 Å². The number of carbonyl (C=O) groups is 1. The summed E-state index contributed by atoms with van der Waals surface area (Å²) in [7, 11) is -0.849. The first kappa shape index (κ1) is 22.5. The molecule has 0 N–H and O–H groups in total. The van der Waals surface area contributed by atoms with Gasteiger partial charge in [-0.15, -0.1) is 0 Å². The van der Waals surface area contributed by atoms with Crippen molar-refractivity contribution in [2.75, 3.05) is 46.8 Å². The second kappa shape index (κ2) is 9.75. The van der Waals surface area contributed by atoms with Crippen molar-refractivity contribution in [3.63, 3.8) is 0 Å². The Labute approximate surface area is 183 Å².